The molecule has 2 nitrogen and oxygen atoms in total. The Morgan fingerprint density at radius 1 is 1.83 bits per heavy atom. The summed E-state index contributed by atoms with van der Waals surface area (Å²) in [6.45, 7) is 0.267. The van der Waals surface area contributed by atoms with Gasteiger partial charge in [0, 0.05) is 4.47 Å². The van der Waals surface area contributed by atoms with Gasteiger partial charge in [0.2, 0.25) is 0 Å². The van der Waals surface area contributed by atoms with Crippen LogP contribution in [0.1, 0.15) is 9.67 Å². The monoisotopic (exact) mass is 243 g/mol. The molecule has 1 heterocycles. The summed E-state index contributed by atoms with van der Waals surface area (Å²) in [4.78, 5) is 11.9. The van der Waals surface area contributed by atoms with Crippen molar-refractivity contribution in [3.63, 3.8) is 0 Å². The molecule has 0 saturated carbocycles. The summed E-state index contributed by atoms with van der Waals surface area (Å²) < 4.78 is 0.807. The van der Waals surface area contributed by atoms with Crippen molar-refractivity contribution in [2.45, 2.75) is 0 Å². The summed E-state index contributed by atoms with van der Waals surface area (Å²) in [6.07, 6.45) is 5.00. The maximum absolute atomic E-state index is 11.3. The van der Waals surface area contributed by atoms with Crippen LogP contribution in [0.5, 0.6) is 0 Å². The van der Waals surface area contributed by atoms with Gasteiger partial charge in [0.05, 0.1) is 6.54 Å². The van der Waals surface area contributed by atoms with Crippen LogP contribution in [0, 0.1) is 12.3 Å². The number of thiophene rings is 1. The number of carbonyl (C=O) groups excluding carboxylic acids is 1. The molecule has 1 rings (SSSR count). The Morgan fingerprint density at radius 3 is 3.08 bits per heavy atom. The Hall–Kier alpha value is -0.790. The number of nitrogens with one attached hydrogen (secondary N) is 1. The average molecular weight is 244 g/mol. The number of halogens is 1. The van der Waals surface area contributed by atoms with Crippen molar-refractivity contribution in [1.29, 1.82) is 0 Å². The van der Waals surface area contributed by atoms with Gasteiger partial charge in [0.1, 0.15) is 4.88 Å². The fraction of sp³-hybridized carbons (Fsp3) is 0.125. The Bertz CT molecular complexity index is 326. The molecule has 0 bridgehead atoms. The van der Waals surface area contributed by atoms with Crippen LogP contribution in [0.25, 0.3) is 0 Å². The van der Waals surface area contributed by atoms with Gasteiger partial charge < -0.3 is 5.32 Å². The highest BCUT2D eigenvalue weighted by Gasteiger charge is 2.09. The molecule has 0 radical (unpaired) electrons. The second kappa shape index (κ2) is 4.29. The maximum Gasteiger partial charge on any atom is 0.263 e. The summed E-state index contributed by atoms with van der Waals surface area (Å²) >= 11 is 4.64. The molecule has 1 aromatic heterocycles. The molecule has 1 amide bonds. The van der Waals surface area contributed by atoms with Gasteiger partial charge in [-0.2, -0.15) is 0 Å². The molecule has 1 aromatic rings. The van der Waals surface area contributed by atoms with Gasteiger partial charge in [-0.25, -0.2) is 0 Å². The maximum atomic E-state index is 11.3. The van der Waals surface area contributed by atoms with Crippen LogP contribution in [-0.4, -0.2) is 12.5 Å². The van der Waals surface area contributed by atoms with Crippen molar-refractivity contribution in [1.82, 2.24) is 5.32 Å². The van der Waals surface area contributed by atoms with Gasteiger partial charge in [-0.1, -0.05) is 5.92 Å². The summed E-state index contributed by atoms with van der Waals surface area (Å²) in [6, 6.07) is 1.83. The van der Waals surface area contributed by atoms with Crippen LogP contribution in [-0.2, 0) is 0 Å². The van der Waals surface area contributed by atoms with E-state index in [2.05, 4.69) is 27.2 Å². The first-order valence-electron chi connectivity index (χ1n) is 3.20. The standard InChI is InChI=1S/C8H6BrNOS/c1-2-4-10-8(11)7-6(9)3-5-12-7/h1,3,5H,4H2,(H,10,11). The molecule has 0 aliphatic heterocycles. The molecule has 0 spiro atoms. The van der Waals surface area contributed by atoms with Gasteiger partial charge in [-0.15, -0.1) is 17.8 Å². The van der Waals surface area contributed by atoms with Crippen molar-refractivity contribution in [3.05, 3.63) is 20.8 Å². The number of hydrogen-bond donors (Lipinski definition) is 1. The summed E-state index contributed by atoms with van der Waals surface area (Å²) in [5.74, 6) is 2.21. The van der Waals surface area contributed by atoms with Crippen LogP contribution in [0.4, 0.5) is 0 Å². The topological polar surface area (TPSA) is 29.1 Å². The van der Waals surface area contributed by atoms with Crippen LogP contribution in [0.15, 0.2) is 15.9 Å². The lowest BCUT2D eigenvalue weighted by Crippen LogP contribution is -2.22. The molecule has 0 unspecified atom stereocenters. The first-order chi connectivity index (χ1) is 5.75. The summed E-state index contributed by atoms with van der Waals surface area (Å²) in [5, 5.41) is 4.42. The first kappa shape index (κ1) is 9.30. The molecular formula is C8H6BrNOS. The number of amides is 1. The Kier molecular flexibility index (Phi) is 3.32. The predicted molar refractivity (Wildman–Crippen MR) is 53.2 cm³/mol. The normalized spacial score (nSPS) is 9.00. The fourth-order valence-electron chi connectivity index (χ4n) is 0.667. The minimum Gasteiger partial charge on any atom is -0.340 e. The van der Waals surface area contributed by atoms with Crippen LogP contribution >= 0.6 is 27.3 Å². The summed E-state index contributed by atoms with van der Waals surface area (Å²) in [7, 11) is 0. The Morgan fingerprint density at radius 2 is 2.58 bits per heavy atom. The first-order valence-corrected chi connectivity index (χ1v) is 4.87. The third-order valence-corrected chi connectivity index (χ3v) is 3.01. The highest BCUT2D eigenvalue weighted by Crippen LogP contribution is 2.21. The van der Waals surface area contributed by atoms with E-state index in [9.17, 15) is 4.79 Å². The van der Waals surface area contributed by atoms with E-state index >= 15 is 0 Å². The smallest absolute Gasteiger partial charge is 0.263 e. The van der Waals surface area contributed by atoms with Gasteiger partial charge in [0.25, 0.3) is 5.91 Å². The third kappa shape index (κ3) is 2.10. The molecule has 0 aliphatic rings. The van der Waals surface area contributed by atoms with Crippen molar-refractivity contribution >= 4 is 33.2 Å². The van der Waals surface area contributed by atoms with Crippen molar-refractivity contribution < 1.29 is 4.79 Å². The molecule has 62 valence electrons. The zero-order valence-electron chi connectivity index (χ0n) is 6.13. The van der Waals surface area contributed by atoms with Gasteiger partial charge >= 0.3 is 0 Å². The Balaban J connectivity index is 2.67. The van der Waals surface area contributed by atoms with E-state index in [1.165, 1.54) is 11.3 Å². The molecule has 0 aliphatic carbocycles. The van der Waals surface area contributed by atoms with Crippen molar-refractivity contribution in [2.24, 2.45) is 0 Å². The number of hydrogen-bond acceptors (Lipinski definition) is 2. The lowest BCUT2D eigenvalue weighted by atomic mass is 10.4. The van der Waals surface area contributed by atoms with Crippen LogP contribution in [0.3, 0.4) is 0 Å². The minimum atomic E-state index is -0.130. The van der Waals surface area contributed by atoms with E-state index in [1.807, 2.05) is 11.4 Å². The van der Waals surface area contributed by atoms with Crippen LogP contribution in [0.2, 0.25) is 0 Å². The SMILES string of the molecule is C#CCNC(=O)c1sccc1Br. The van der Waals surface area contributed by atoms with Gasteiger partial charge in [-0.3, -0.25) is 4.79 Å². The number of terminal acetylenes is 1. The highest BCUT2D eigenvalue weighted by molar-refractivity contribution is 9.10. The number of rotatable bonds is 2. The lowest BCUT2D eigenvalue weighted by molar-refractivity contribution is 0.0962. The molecule has 4 heteroatoms. The van der Waals surface area contributed by atoms with E-state index in [1.54, 1.807) is 0 Å². The Labute approximate surface area is 83.1 Å². The molecule has 0 saturated heterocycles. The molecule has 1 N–H and O–H groups in total. The number of carbonyl (C=O) groups is 1. The molecule has 0 fully saturated rings. The van der Waals surface area contributed by atoms with Gasteiger partial charge in [-0.05, 0) is 27.4 Å². The quantitative estimate of drug-likeness (QED) is 0.790. The van der Waals surface area contributed by atoms with Crippen molar-refractivity contribution in [3.8, 4) is 12.3 Å². The largest absolute Gasteiger partial charge is 0.340 e. The minimum absolute atomic E-state index is 0.130. The summed E-state index contributed by atoms with van der Waals surface area (Å²) in [5.41, 5.74) is 0. The lowest BCUT2D eigenvalue weighted by Gasteiger charge is -1.97. The van der Waals surface area contributed by atoms with E-state index in [4.69, 9.17) is 6.42 Å². The highest BCUT2D eigenvalue weighted by atomic mass is 79.9. The second-order valence-corrected chi connectivity index (χ2v) is 3.75. The molecule has 0 atom stereocenters. The van der Waals surface area contributed by atoms with E-state index in [0.717, 1.165) is 4.47 Å². The third-order valence-electron chi connectivity index (χ3n) is 1.17. The van der Waals surface area contributed by atoms with E-state index in [0.29, 0.717) is 4.88 Å². The predicted octanol–water partition coefficient (Wildman–Crippen LogP) is 1.87. The average Bonchev–Trinajstić information content (AvgIpc) is 2.47. The fourth-order valence-corrected chi connectivity index (χ4v) is 2.13. The van der Waals surface area contributed by atoms with Gasteiger partial charge in [0.15, 0.2) is 0 Å². The second-order valence-electron chi connectivity index (χ2n) is 1.98. The van der Waals surface area contributed by atoms with Crippen LogP contribution < -0.4 is 5.32 Å². The molecule has 12 heavy (non-hydrogen) atoms. The van der Waals surface area contributed by atoms with Crippen molar-refractivity contribution in [2.75, 3.05) is 6.54 Å². The van der Waals surface area contributed by atoms with E-state index < -0.39 is 0 Å². The zero-order valence-corrected chi connectivity index (χ0v) is 8.54. The van der Waals surface area contributed by atoms with E-state index in [-0.39, 0.29) is 12.5 Å². The molecular weight excluding hydrogens is 238 g/mol. The molecule has 0 aromatic carbocycles. The zero-order chi connectivity index (χ0) is 8.97.